The normalized spacial score (nSPS) is 18.9. The number of ketones is 1. The second kappa shape index (κ2) is 3.53. The van der Waals surface area contributed by atoms with Gasteiger partial charge in [-0.15, -0.1) is 0 Å². The zero-order chi connectivity index (χ0) is 8.27. The lowest BCUT2D eigenvalue weighted by Gasteiger charge is -2.04. The highest BCUT2D eigenvalue weighted by Gasteiger charge is 2.20. The number of hydrogen-bond donors (Lipinski definition) is 1. The minimum atomic E-state index is -0.844. The Morgan fingerprint density at radius 1 is 1.91 bits per heavy atom. The van der Waals surface area contributed by atoms with Gasteiger partial charge in [-0.05, 0) is 6.42 Å². The molecule has 3 nitrogen and oxygen atoms in total. The predicted molar refractivity (Wildman–Crippen MR) is 40.0 cm³/mol. The number of rotatable bonds is 3. The van der Waals surface area contributed by atoms with Gasteiger partial charge in [0.1, 0.15) is 6.10 Å². The van der Waals surface area contributed by atoms with E-state index in [1.54, 1.807) is 6.92 Å². The average molecular weight is 156 g/mol. The minimum Gasteiger partial charge on any atom is -0.500 e. The first-order valence-electron chi connectivity index (χ1n) is 3.78. The average Bonchev–Trinajstić information content (AvgIpc) is 2.53. The fraction of sp³-hybridized carbons (Fsp3) is 0.625. The van der Waals surface area contributed by atoms with Gasteiger partial charge in [-0.2, -0.15) is 0 Å². The van der Waals surface area contributed by atoms with Crippen LogP contribution < -0.4 is 0 Å². The second-order valence-electron chi connectivity index (χ2n) is 2.55. The van der Waals surface area contributed by atoms with Crippen molar-refractivity contribution in [2.45, 2.75) is 25.9 Å². The number of ether oxygens (including phenoxy) is 1. The molecule has 0 spiro atoms. The molecule has 1 rings (SSSR count). The van der Waals surface area contributed by atoms with Crippen molar-refractivity contribution in [3.8, 4) is 0 Å². The Morgan fingerprint density at radius 2 is 2.64 bits per heavy atom. The van der Waals surface area contributed by atoms with Gasteiger partial charge in [-0.25, -0.2) is 0 Å². The first-order chi connectivity index (χ1) is 5.25. The second-order valence-corrected chi connectivity index (χ2v) is 2.55. The Balaban J connectivity index is 2.53. The van der Waals surface area contributed by atoms with Crippen LogP contribution in [0.4, 0.5) is 0 Å². The van der Waals surface area contributed by atoms with Gasteiger partial charge in [0.05, 0.1) is 12.9 Å². The fourth-order valence-electron chi connectivity index (χ4n) is 0.968. The largest absolute Gasteiger partial charge is 0.500 e. The summed E-state index contributed by atoms with van der Waals surface area (Å²) in [5, 5.41) is 9.14. The van der Waals surface area contributed by atoms with E-state index in [1.165, 1.54) is 6.26 Å². The standard InChI is InChI=1S/C8H12O3/c1-2-7(9)8(10)6-3-4-11-5-6/h5,7,9H,2-4H2,1H3. The summed E-state index contributed by atoms with van der Waals surface area (Å²) in [6, 6.07) is 0. The van der Waals surface area contributed by atoms with E-state index < -0.39 is 6.10 Å². The van der Waals surface area contributed by atoms with Crippen molar-refractivity contribution < 1.29 is 14.6 Å². The molecule has 1 unspecified atom stereocenters. The maximum absolute atomic E-state index is 11.2. The van der Waals surface area contributed by atoms with Crippen LogP contribution in [0.25, 0.3) is 0 Å². The van der Waals surface area contributed by atoms with Crippen molar-refractivity contribution in [1.29, 1.82) is 0 Å². The van der Waals surface area contributed by atoms with Gasteiger partial charge in [-0.1, -0.05) is 6.92 Å². The zero-order valence-corrected chi connectivity index (χ0v) is 6.54. The van der Waals surface area contributed by atoms with E-state index >= 15 is 0 Å². The molecule has 0 saturated heterocycles. The summed E-state index contributed by atoms with van der Waals surface area (Å²) in [6.07, 6.45) is 1.70. The van der Waals surface area contributed by atoms with Crippen molar-refractivity contribution in [2.24, 2.45) is 0 Å². The quantitative estimate of drug-likeness (QED) is 0.652. The summed E-state index contributed by atoms with van der Waals surface area (Å²) in [4.78, 5) is 11.2. The number of aliphatic hydroxyl groups is 1. The molecule has 1 aliphatic heterocycles. The summed E-state index contributed by atoms with van der Waals surface area (Å²) < 4.78 is 4.88. The molecule has 0 saturated carbocycles. The number of carbonyl (C=O) groups is 1. The summed E-state index contributed by atoms with van der Waals surface area (Å²) in [5.74, 6) is -0.190. The van der Waals surface area contributed by atoms with Crippen LogP contribution in [0.5, 0.6) is 0 Å². The van der Waals surface area contributed by atoms with E-state index in [-0.39, 0.29) is 5.78 Å². The smallest absolute Gasteiger partial charge is 0.190 e. The number of hydrogen-bond acceptors (Lipinski definition) is 3. The van der Waals surface area contributed by atoms with Gasteiger partial charge in [0.2, 0.25) is 0 Å². The van der Waals surface area contributed by atoms with Crippen LogP contribution in [0.1, 0.15) is 19.8 Å². The highest BCUT2D eigenvalue weighted by Crippen LogP contribution is 2.13. The molecular formula is C8H12O3. The van der Waals surface area contributed by atoms with E-state index in [0.29, 0.717) is 25.0 Å². The SMILES string of the molecule is CCC(O)C(=O)C1=COCC1. The van der Waals surface area contributed by atoms with Crippen molar-refractivity contribution in [2.75, 3.05) is 6.61 Å². The zero-order valence-electron chi connectivity index (χ0n) is 6.54. The Morgan fingerprint density at radius 3 is 3.09 bits per heavy atom. The highest BCUT2D eigenvalue weighted by molar-refractivity contribution is 5.98. The van der Waals surface area contributed by atoms with Crippen LogP contribution in [-0.2, 0) is 9.53 Å². The van der Waals surface area contributed by atoms with Gasteiger partial charge in [-0.3, -0.25) is 4.79 Å². The third-order valence-corrected chi connectivity index (χ3v) is 1.72. The Hall–Kier alpha value is -0.830. The molecule has 1 atom stereocenters. The minimum absolute atomic E-state index is 0.190. The molecule has 0 aromatic heterocycles. The molecule has 0 fully saturated rings. The molecule has 1 aliphatic rings. The first kappa shape index (κ1) is 8.27. The van der Waals surface area contributed by atoms with E-state index in [0.717, 1.165) is 0 Å². The highest BCUT2D eigenvalue weighted by atomic mass is 16.5. The maximum Gasteiger partial charge on any atom is 0.190 e. The summed E-state index contributed by atoms with van der Waals surface area (Å²) in [6.45, 7) is 2.34. The lowest BCUT2D eigenvalue weighted by atomic mass is 10.0. The van der Waals surface area contributed by atoms with Crippen LogP contribution >= 0.6 is 0 Å². The summed E-state index contributed by atoms with van der Waals surface area (Å²) >= 11 is 0. The molecule has 0 bridgehead atoms. The summed E-state index contributed by atoms with van der Waals surface area (Å²) in [5.41, 5.74) is 0.611. The van der Waals surface area contributed by atoms with Gasteiger partial charge in [0.15, 0.2) is 5.78 Å². The first-order valence-corrected chi connectivity index (χ1v) is 3.78. The molecular weight excluding hydrogens is 144 g/mol. The molecule has 1 N–H and O–H groups in total. The van der Waals surface area contributed by atoms with E-state index in [2.05, 4.69) is 0 Å². The van der Waals surface area contributed by atoms with E-state index in [1.807, 2.05) is 0 Å². The van der Waals surface area contributed by atoms with Gasteiger partial charge in [0, 0.05) is 12.0 Å². The van der Waals surface area contributed by atoms with Crippen LogP contribution in [0.15, 0.2) is 11.8 Å². The van der Waals surface area contributed by atoms with Gasteiger partial charge >= 0.3 is 0 Å². The third kappa shape index (κ3) is 1.80. The molecule has 0 aromatic carbocycles. The van der Waals surface area contributed by atoms with Crippen molar-refractivity contribution in [1.82, 2.24) is 0 Å². The lowest BCUT2D eigenvalue weighted by molar-refractivity contribution is -0.123. The third-order valence-electron chi connectivity index (χ3n) is 1.72. The van der Waals surface area contributed by atoms with Crippen molar-refractivity contribution in [3.05, 3.63) is 11.8 Å². The predicted octanol–water partition coefficient (Wildman–Crippen LogP) is 0.631. The van der Waals surface area contributed by atoms with Crippen molar-refractivity contribution in [3.63, 3.8) is 0 Å². The van der Waals surface area contributed by atoms with Crippen LogP contribution in [-0.4, -0.2) is 23.6 Å². The Labute approximate surface area is 65.7 Å². The Bertz CT molecular complexity index is 184. The van der Waals surface area contributed by atoms with Crippen LogP contribution in [0.2, 0.25) is 0 Å². The number of aliphatic hydroxyl groups excluding tert-OH is 1. The molecule has 62 valence electrons. The van der Waals surface area contributed by atoms with Gasteiger partial charge in [0.25, 0.3) is 0 Å². The maximum atomic E-state index is 11.2. The fourth-order valence-corrected chi connectivity index (χ4v) is 0.968. The molecule has 3 heteroatoms. The lowest BCUT2D eigenvalue weighted by Crippen LogP contribution is -2.20. The number of carbonyl (C=O) groups excluding carboxylic acids is 1. The van der Waals surface area contributed by atoms with Gasteiger partial charge < -0.3 is 9.84 Å². The van der Waals surface area contributed by atoms with E-state index in [4.69, 9.17) is 9.84 Å². The molecule has 0 aromatic rings. The summed E-state index contributed by atoms with van der Waals surface area (Å²) in [7, 11) is 0. The topological polar surface area (TPSA) is 46.5 Å². The van der Waals surface area contributed by atoms with Crippen LogP contribution in [0.3, 0.4) is 0 Å². The molecule has 0 aliphatic carbocycles. The molecule has 0 amide bonds. The monoisotopic (exact) mass is 156 g/mol. The molecule has 11 heavy (non-hydrogen) atoms. The Kier molecular flexibility index (Phi) is 2.65. The van der Waals surface area contributed by atoms with E-state index in [9.17, 15) is 4.79 Å². The van der Waals surface area contributed by atoms with Crippen LogP contribution in [0, 0.1) is 0 Å². The van der Waals surface area contributed by atoms with Crippen molar-refractivity contribution >= 4 is 5.78 Å². The number of Topliss-reactive ketones (excluding diaryl/α,β-unsaturated/α-hetero) is 1. The molecule has 0 radical (unpaired) electrons. The molecule has 1 heterocycles.